The van der Waals surface area contributed by atoms with Gasteiger partial charge in [-0.2, -0.15) is 0 Å². The van der Waals surface area contributed by atoms with Gasteiger partial charge in [-0.05, 0) is 17.3 Å². The van der Waals surface area contributed by atoms with E-state index in [9.17, 15) is 4.79 Å². The van der Waals surface area contributed by atoms with Gasteiger partial charge in [0.2, 0.25) is 5.13 Å². The molecule has 7 nitrogen and oxygen atoms in total. The number of hydrogen-bond donors (Lipinski definition) is 2. The lowest BCUT2D eigenvalue weighted by Crippen LogP contribution is -2.12. The van der Waals surface area contributed by atoms with Gasteiger partial charge in [0, 0.05) is 17.1 Å². The molecule has 2 aromatic heterocycles. The van der Waals surface area contributed by atoms with Gasteiger partial charge in [-0.25, -0.2) is 4.98 Å². The summed E-state index contributed by atoms with van der Waals surface area (Å²) in [7, 11) is 0. The summed E-state index contributed by atoms with van der Waals surface area (Å²) in [6.45, 7) is 0. The summed E-state index contributed by atoms with van der Waals surface area (Å²) in [6.07, 6.45) is 0. The zero-order chi connectivity index (χ0) is 11.5. The highest BCUT2D eigenvalue weighted by atomic mass is 35.5. The van der Waals surface area contributed by atoms with Crippen molar-refractivity contribution < 1.29 is 4.79 Å². The molecule has 3 N–H and O–H groups in total. The van der Waals surface area contributed by atoms with Crippen molar-refractivity contribution in [1.29, 1.82) is 0 Å². The molecule has 2 heterocycles. The summed E-state index contributed by atoms with van der Waals surface area (Å²) in [5.74, 6) is -0.220. The van der Waals surface area contributed by atoms with Gasteiger partial charge in [-0.3, -0.25) is 10.1 Å². The summed E-state index contributed by atoms with van der Waals surface area (Å²) in [5.41, 5.74) is 5.76. The van der Waals surface area contributed by atoms with Crippen LogP contribution in [0, 0.1) is 0 Å². The van der Waals surface area contributed by atoms with Crippen molar-refractivity contribution in [2.75, 3.05) is 11.1 Å². The first-order valence-electron chi connectivity index (χ1n) is 4.04. The average molecular weight is 257 g/mol. The lowest BCUT2D eigenvalue weighted by molar-refractivity contribution is 0.102. The molecule has 0 unspecified atom stereocenters. The Labute approximate surface area is 98.8 Å². The van der Waals surface area contributed by atoms with Crippen LogP contribution in [0.25, 0.3) is 0 Å². The highest BCUT2D eigenvalue weighted by molar-refractivity contribution is 7.09. The number of nitrogen functional groups attached to an aromatic ring is 1. The van der Waals surface area contributed by atoms with Gasteiger partial charge in [0.25, 0.3) is 5.91 Å². The number of nitrogens with one attached hydrogen (secondary N) is 1. The van der Waals surface area contributed by atoms with Crippen LogP contribution in [-0.2, 0) is 0 Å². The second-order valence-electron chi connectivity index (χ2n) is 2.73. The molecule has 0 aliphatic heterocycles. The fourth-order valence-corrected chi connectivity index (χ4v) is 1.58. The van der Waals surface area contributed by atoms with Gasteiger partial charge in [-0.1, -0.05) is 21.2 Å². The minimum absolute atomic E-state index is 0.153. The van der Waals surface area contributed by atoms with Crippen molar-refractivity contribution in [2.45, 2.75) is 0 Å². The summed E-state index contributed by atoms with van der Waals surface area (Å²) in [6, 6.07) is 2.82. The van der Waals surface area contributed by atoms with E-state index in [1.807, 2.05) is 0 Å². The predicted molar refractivity (Wildman–Crippen MR) is 59.3 cm³/mol. The third-order valence-corrected chi connectivity index (χ3v) is 2.30. The zero-order valence-corrected chi connectivity index (χ0v) is 9.29. The van der Waals surface area contributed by atoms with Crippen LogP contribution in [0.2, 0.25) is 5.15 Å². The first kappa shape index (κ1) is 10.7. The number of aromatic nitrogens is 4. The molecule has 0 atom stereocenters. The molecule has 0 bridgehead atoms. The van der Waals surface area contributed by atoms with Gasteiger partial charge in [0.05, 0.1) is 0 Å². The van der Waals surface area contributed by atoms with Crippen molar-refractivity contribution in [2.24, 2.45) is 0 Å². The molecule has 0 radical (unpaired) electrons. The number of carbonyl (C=O) groups excluding carboxylic acids is 1. The molecule has 1 amide bonds. The van der Waals surface area contributed by atoms with E-state index < -0.39 is 5.91 Å². The molecule has 9 heteroatoms. The first-order valence-corrected chi connectivity index (χ1v) is 5.20. The Morgan fingerprint density at radius 1 is 1.50 bits per heavy atom. The lowest BCUT2D eigenvalue weighted by Gasteiger charge is -2.02. The molecule has 0 spiro atoms. The minimum Gasteiger partial charge on any atom is -0.384 e. The zero-order valence-electron chi connectivity index (χ0n) is 7.72. The van der Waals surface area contributed by atoms with E-state index in [2.05, 4.69) is 25.1 Å². The molecule has 2 aromatic rings. The Morgan fingerprint density at radius 2 is 2.31 bits per heavy atom. The van der Waals surface area contributed by atoms with Crippen LogP contribution >= 0.6 is 23.1 Å². The number of amides is 1. The van der Waals surface area contributed by atoms with E-state index in [0.29, 0.717) is 10.7 Å². The third kappa shape index (κ3) is 2.41. The van der Waals surface area contributed by atoms with Gasteiger partial charge in [0.1, 0.15) is 11.0 Å². The van der Waals surface area contributed by atoms with Crippen LogP contribution in [0.5, 0.6) is 0 Å². The molecule has 16 heavy (non-hydrogen) atoms. The number of carbonyl (C=O) groups is 1. The predicted octanol–water partition coefficient (Wildman–Crippen LogP) is 0.816. The van der Waals surface area contributed by atoms with Crippen molar-refractivity contribution in [3.63, 3.8) is 0 Å². The summed E-state index contributed by atoms with van der Waals surface area (Å²) < 4.78 is 3.51. The SMILES string of the molecule is Nc1cc(C(=O)Nc2nnns2)cc(Cl)n1. The molecule has 0 saturated heterocycles. The second kappa shape index (κ2) is 4.37. The number of nitrogens with two attached hydrogens (primary N) is 1. The summed E-state index contributed by atoms with van der Waals surface area (Å²) in [4.78, 5) is 15.4. The van der Waals surface area contributed by atoms with Crippen LogP contribution in [0.3, 0.4) is 0 Å². The molecule has 82 valence electrons. The standard InChI is InChI=1S/C7H5ClN6OS/c8-4-1-3(2-5(9)10-4)6(15)11-7-12-13-14-16-7/h1-2H,(H2,9,10)(H,11,12,14,15). The Hall–Kier alpha value is -1.80. The Bertz CT molecular complexity index is 495. The molecule has 0 aliphatic rings. The van der Waals surface area contributed by atoms with Crippen LogP contribution in [0.15, 0.2) is 12.1 Å². The monoisotopic (exact) mass is 256 g/mol. The number of halogens is 1. The maximum atomic E-state index is 11.7. The Balaban J connectivity index is 2.21. The Morgan fingerprint density at radius 3 is 2.94 bits per heavy atom. The van der Waals surface area contributed by atoms with E-state index in [-0.39, 0.29) is 11.0 Å². The fourth-order valence-electron chi connectivity index (χ4n) is 0.999. The van der Waals surface area contributed by atoms with Gasteiger partial charge < -0.3 is 5.73 Å². The van der Waals surface area contributed by atoms with Crippen molar-refractivity contribution in [3.05, 3.63) is 22.8 Å². The first-order chi connectivity index (χ1) is 7.65. The topological polar surface area (TPSA) is 107 Å². The number of rotatable bonds is 2. The van der Waals surface area contributed by atoms with Crippen molar-refractivity contribution >= 4 is 40.0 Å². The highest BCUT2D eigenvalue weighted by Crippen LogP contribution is 2.14. The largest absolute Gasteiger partial charge is 0.384 e. The van der Waals surface area contributed by atoms with E-state index in [1.54, 1.807) is 0 Å². The molecule has 2 rings (SSSR count). The minimum atomic E-state index is -0.394. The summed E-state index contributed by atoms with van der Waals surface area (Å²) in [5, 5.41) is 9.87. The van der Waals surface area contributed by atoms with E-state index in [0.717, 1.165) is 11.5 Å². The second-order valence-corrected chi connectivity index (χ2v) is 3.84. The van der Waals surface area contributed by atoms with Gasteiger partial charge >= 0.3 is 0 Å². The van der Waals surface area contributed by atoms with Gasteiger partial charge in [0.15, 0.2) is 0 Å². The molecule has 0 aromatic carbocycles. The van der Waals surface area contributed by atoms with Crippen molar-refractivity contribution in [3.8, 4) is 0 Å². The van der Waals surface area contributed by atoms with E-state index in [4.69, 9.17) is 17.3 Å². The van der Waals surface area contributed by atoms with Crippen LogP contribution < -0.4 is 11.1 Å². The van der Waals surface area contributed by atoms with Crippen LogP contribution in [0.1, 0.15) is 10.4 Å². The number of hydrogen-bond acceptors (Lipinski definition) is 7. The number of nitrogens with zero attached hydrogens (tertiary/aromatic N) is 4. The Kier molecular flexibility index (Phi) is 2.93. The van der Waals surface area contributed by atoms with Crippen molar-refractivity contribution in [1.82, 2.24) is 19.8 Å². The molecule has 0 saturated carbocycles. The molecule has 0 fully saturated rings. The number of anilines is 2. The van der Waals surface area contributed by atoms with E-state index >= 15 is 0 Å². The molecular weight excluding hydrogens is 252 g/mol. The molecular formula is C7H5ClN6OS. The quantitative estimate of drug-likeness (QED) is 0.770. The maximum Gasteiger partial charge on any atom is 0.257 e. The third-order valence-electron chi connectivity index (χ3n) is 1.60. The normalized spacial score (nSPS) is 10.1. The number of pyridine rings is 1. The van der Waals surface area contributed by atoms with Gasteiger partial charge in [-0.15, -0.1) is 0 Å². The fraction of sp³-hybridized carbons (Fsp3) is 0. The van der Waals surface area contributed by atoms with Crippen LogP contribution in [0.4, 0.5) is 10.9 Å². The van der Waals surface area contributed by atoms with Crippen LogP contribution in [-0.4, -0.2) is 25.7 Å². The maximum absolute atomic E-state index is 11.7. The van der Waals surface area contributed by atoms with E-state index in [1.165, 1.54) is 12.1 Å². The summed E-state index contributed by atoms with van der Waals surface area (Å²) >= 11 is 6.64. The average Bonchev–Trinajstić information content (AvgIpc) is 2.68. The smallest absolute Gasteiger partial charge is 0.257 e. The highest BCUT2D eigenvalue weighted by Gasteiger charge is 2.10. The lowest BCUT2D eigenvalue weighted by atomic mass is 10.2. The molecule has 0 aliphatic carbocycles.